The topological polar surface area (TPSA) is 42.4 Å². The number of fused-ring (bicyclic) bond motifs is 1. The maximum Gasteiger partial charge on any atom is 0.255 e. The van der Waals surface area contributed by atoms with Gasteiger partial charge in [-0.1, -0.05) is 18.2 Å². The van der Waals surface area contributed by atoms with Crippen molar-refractivity contribution >= 4 is 16.8 Å². The largest absolute Gasteiger partial charge is 0.383 e. The summed E-state index contributed by atoms with van der Waals surface area (Å²) in [5.41, 5.74) is 2.05. The van der Waals surface area contributed by atoms with Crippen molar-refractivity contribution in [2.24, 2.45) is 0 Å². The Morgan fingerprint density at radius 1 is 1.38 bits per heavy atom. The van der Waals surface area contributed by atoms with E-state index in [1.165, 1.54) is 7.11 Å². The number of hydrogen-bond acceptors (Lipinski definition) is 3. The zero-order valence-electron chi connectivity index (χ0n) is 13.5. The Morgan fingerprint density at radius 2 is 2.12 bits per heavy atom. The van der Waals surface area contributed by atoms with E-state index in [-0.39, 0.29) is 13.2 Å². The van der Waals surface area contributed by atoms with Crippen LogP contribution in [0.2, 0.25) is 0 Å². The molecule has 1 aliphatic rings. The molecule has 4 nitrogen and oxygen atoms in total. The molecule has 0 spiro atoms. The number of aromatic nitrogens is 1. The highest BCUT2D eigenvalue weighted by molar-refractivity contribution is 6.06. The van der Waals surface area contributed by atoms with E-state index in [0.29, 0.717) is 16.9 Å². The number of benzene rings is 1. The highest BCUT2D eigenvalue weighted by atomic mass is 19.3. The number of amides is 1. The molecule has 0 aliphatic heterocycles. The maximum absolute atomic E-state index is 12.9. The molecule has 1 aromatic carbocycles. The Hall–Kier alpha value is -2.08. The van der Waals surface area contributed by atoms with Crippen LogP contribution in [0.3, 0.4) is 0 Å². The summed E-state index contributed by atoms with van der Waals surface area (Å²) in [6.45, 7) is -0.246. The van der Waals surface area contributed by atoms with Gasteiger partial charge in [0.25, 0.3) is 12.3 Å². The lowest BCUT2D eigenvalue weighted by molar-refractivity contribution is 0.0479. The minimum Gasteiger partial charge on any atom is -0.383 e. The van der Waals surface area contributed by atoms with Crippen LogP contribution < -0.4 is 0 Å². The molecular weight excluding hydrogens is 314 g/mol. The molecule has 1 amide bonds. The van der Waals surface area contributed by atoms with Crippen molar-refractivity contribution in [1.29, 1.82) is 0 Å². The standard InChI is InChI=1S/C18H20F2N2O2/c1-24-9-8-22(11-17(19)20)18(23)14-10-16(12-6-7-12)21-15-5-3-2-4-13(14)15/h2-5,10,12,17H,6-9,11H2,1H3. The lowest BCUT2D eigenvalue weighted by Gasteiger charge is -2.23. The van der Waals surface area contributed by atoms with Gasteiger partial charge in [-0.3, -0.25) is 9.78 Å². The molecule has 0 radical (unpaired) electrons. The predicted octanol–water partition coefficient (Wildman–Crippen LogP) is 3.47. The molecule has 1 saturated carbocycles. The van der Waals surface area contributed by atoms with Crippen molar-refractivity contribution in [2.75, 3.05) is 26.8 Å². The summed E-state index contributed by atoms with van der Waals surface area (Å²) in [4.78, 5) is 18.7. The van der Waals surface area contributed by atoms with Crippen molar-refractivity contribution in [2.45, 2.75) is 25.2 Å². The molecule has 2 aromatic rings. The van der Waals surface area contributed by atoms with Crippen LogP contribution in [0.5, 0.6) is 0 Å². The Morgan fingerprint density at radius 3 is 2.79 bits per heavy atom. The van der Waals surface area contributed by atoms with Gasteiger partial charge >= 0.3 is 0 Å². The van der Waals surface area contributed by atoms with Crippen molar-refractivity contribution in [3.05, 3.63) is 41.6 Å². The normalized spacial score (nSPS) is 14.3. The van der Waals surface area contributed by atoms with Crippen molar-refractivity contribution in [3.8, 4) is 0 Å². The van der Waals surface area contributed by atoms with Gasteiger partial charge in [-0.05, 0) is 25.0 Å². The number of halogens is 2. The summed E-state index contributed by atoms with van der Waals surface area (Å²) in [7, 11) is 1.48. The van der Waals surface area contributed by atoms with E-state index in [1.807, 2.05) is 24.3 Å². The molecular formula is C18H20F2N2O2. The predicted molar refractivity (Wildman–Crippen MR) is 87.5 cm³/mol. The molecule has 0 N–H and O–H groups in total. The summed E-state index contributed by atoms with van der Waals surface area (Å²) in [5.74, 6) is -0.0171. The van der Waals surface area contributed by atoms with Crippen LogP contribution in [-0.2, 0) is 4.74 Å². The van der Waals surface area contributed by atoms with E-state index in [9.17, 15) is 13.6 Å². The van der Waals surface area contributed by atoms with E-state index in [0.717, 1.165) is 29.0 Å². The van der Waals surface area contributed by atoms with Crippen LogP contribution in [-0.4, -0.2) is 49.0 Å². The summed E-state index contributed by atoms with van der Waals surface area (Å²) >= 11 is 0. The number of nitrogens with zero attached hydrogens (tertiary/aromatic N) is 2. The average molecular weight is 334 g/mol. The molecule has 0 unspecified atom stereocenters. The second kappa shape index (κ2) is 7.21. The molecule has 1 heterocycles. The Bertz CT molecular complexity index is 732. The third-order valence-electron chi connectivity index (χ3n) is 4.17. The number of carbonyl (C=O) groups is 1. The highest BCUT2D eigenvalue weighted by Crippen LogP contribution is 2.40. The number of para-hydroxylation sites is 1. The molecule has 0 bridgehead atoms. The summed E-state index contributed by atoms with van der Waals surface area (Å²) in [6, 6.07) is 9.12. The van der Waals surface area contributed by atoms with Gasteiger partial charge in [-0.25, -0.2) is 8.78 Å². The molecule has 1 fully saturated rings. The van der Waals surface area contributed by atoms with Gasteiger partial charge in [0.2, 0.25) is 0 Å². The SMILES string of the molecule is COCCN(CC(F)F)C(=O)c1cc(C2CC2)nc2ccccc12. The first-order valence-corrected chi connectivity index (χ1v) is 8.06. The van der Waals surface area contributed by atoms with Gasteiger partial charge in [0, 0.05) is 30.7 Å². The molecule has 1 aromatic heterocycles. The fourth-order valence-electron chi connectivity index (χ4n) is 2.78. The summed E-state index contributed by atoms with van der Waals surface area (Å²) in [6.07, 6.45) is -0.464. The first-order valence-electron chi connectivity index (χ1n) is 8.06. The number of methoxy groups -OCH3 is 1. The highest BCUT2D eigenvalue weighted by Gasteiger charge is 2.28. The van der Waals surface area contributed by atoms with Crippen LogP contribution in [0.25, 0.3) is 10.9 Å². The number of hydrogen-bond donors (Lipinski definition) is 0. The summed E-state index contributed by atoms with van der Waals surface area (Å²) in [5, 5.41) is 0.698. The maximum atomic E-state index is 12.9. The lowest BCUT2D eigenvalue weighted by Crippen LogP contribution is -2.37. The third-order valence-corrected chi connectivity index (χ3v) is 4.17. The number of carbonyl (C=O) groups excluding carboxylic acids is 1. The lowest BCUT2D eigenvalue weighted by atomic mass is 10.0. The Balaban J connectivity index is 1.99. The molecule has 3 rings (SSSR count). The fourth-order valence-corrected chi connectivity index (χ4v) is 2.78. The quantitative estimate of drug-likeness (QED) is 0.779. The number of pyridine rings is 1. The zero-order valence-corrected chi connectivity index (χ0v) is 13.5. The zero-order chi connectivity index (χ0) is 17.1. The van der Waals surface area contributed by atoms with Crippen LogP contribution in [0.1, 0.15) is 34.8 Å². The van der Waals surface area contributed by atoms with E-state index in [1.54, 1.807) is 6.07 Å². The van der Waals surface area contributed by atoms with Crippen molar-refractivity contribution in [3.63, 3.8) is 0 Å². The molecule has 0 saturated heterocycles. The van der Waals surface area contributed by atoms with Crippen molar-refractivity contribution < 1.29 is 18.3 Å². The van der Waals surface area contributed by atoms with Crippen LogP contribution >= 0.6 is 0 Å². The van der Waals surface area contributed by atoms with E-state index in [2.05, 4.69) is 4.98 Å². The second-order valence-corrected chi connectivity index (χ2v) is 6.02. The van der Waals surface area contributed by atoms with Crippen molar-refractivity contribution in [1.82, 2.24) is 9.88 Å². The first-order chi connectivity index (χ1) is 11.6. The minimum atomic E-state index is -2.58. The fraction of sp³-hybridized carbons (Fsp3) is 0.444. The van der Waals surface area contributed by atoms with Gasteiger partial charge in [0.05, 0.1) is 24.2 Å². The second-order valence-electron chi connectivity index (χ2n) is 6.02. The number of alkyl halides is 2. The number of rotatable bonds is 7. The van der Waals surface area contributed by atoms with E-state index < -0.39 is 18.9 Å². The summed E-state index contributed by atoms with van der Waals surface area (Å²) < 4.78 is 30.7. The van der Waals surface area contributed by atoms with Crippen LogP contribution in [0, 0.1) is 0 Å². The first kappa shape index (κ1) is 16.8. The molecule has 24 heavy (non-hydrogen) atoms. The minimum absolute atomic E-state index is 0.134. The van der Waals surface area contributed by atoms with Gasteiger partial charge in [-0.2, -0.15) is 0 Å². The molecule has 1 aliphatic carbocycles. The third kappa shape index (κ3) is 3.70. The van der Waals surface area contributed by atoms with Crippen LogP contribution in [0.4, 0.5) is 8.78 Å². The average Bonchev–Trinajstić information content (AvgIpc) is 3.41. The molecule has 6 heteroatoms. The van der Waals surface area contributed by atoms with E-state index >= 15 is 0 Å². The van der Waals surface area contributed by atoms with Gasteiger partial charge < -0.3 is 9.64 Å². The molecule has 0 atom stereocenters. The van der Waals surface area contributed by atoms with Gasteiger partial charge in [0.1, 0.15) is 0 Å². The smallest absolute Gasteiger partial charge is 0.255 e. The van der Waals surface area contributed by atoms with Crippen LogP contribution in [0.15, 0.2) is 30.3 Å². The number of ether oxygens (including phenoxy) is 1. The Kier molecular flexibility index (Phi) is 5.04. The van der Waals surface area contributed by atoms with Gasteiger partial charge in [0.15, 0.2) is 0 Å². The monoisotopic (exact) mass is 334 g/mol. The Labute approximate surface area is 139 Å². The molecule has 128 valence electrons. The van der Waals surface area contributed by atoms with E-state index in [4.69, 9.17) is 4.74 Å². The van der Waals surface area contributed by atoms with Gasteiger partial charge in [-0.15, -0.1) is 0 Å².